The lowest BCUT2D eigenvalue weighted by atomic mass is 10.2. The van der Waals surface area contributed by atoms with Gasteiger partial charge in [-0.15, -0.1) is 27.7 Å². The van der Waals surface area contributed by atoms with Gasteiger partial charge in [0.15, 0.2) is 11.3 Å². The third-order valence-corrected chi connectivity index (χ3v) is 5.17. The van der Waals surface area contributed by atoms with Crippen LogP contribution in [-0.4, -0.2) is 41.1 Å². The quantitative estimate of drug-likeness (QED) is 0.456. The molecule has 5 heterocycles. The highest BCUT2D eigenvalue weighted by molar-refractivity contribution is 5.96. The van der Waals surface area contributed by atoms with Gasteiger partial charge in [0.1, 0.15) is 18.2 Å². The summed E-state index contributed by atoms with van der Waals surface area (Å²) in [6.45, 7) is 4.79. The summed E-state index contributed by atoms with van der Waals surface area (Å²) in [5, 5.41) is 22.4. The van der Waals surface area contributed by atoms with E-state index in [-0.39, 0.29) is 12.4 Å². The second kappa shape index (κ2) is 7.64. The Labute approximate surface area is 182 Å². The average molecular weight is 439 g/mol. The third-order valence-electron chi connectivity index (χ3n) is 5.17. The first-order chi connectivity index (χ1) is 14.8. The van der Waals surface area contributed by atoms with E-state index in [4.69, 9.17) is 9.26 Å². The van der Waals surface area contributed by atoms with Gasteiger partial charge in [-0.2, -0.15) is 4.52 Å². The predicted octanol–water partition coefficient (Wildman–Crippen LogP) is 2.54. The number of ether oxygens (including phenoxy) is 1. The average Bonchev–Trinajstić information content (AvgIpc) is 3.49. The zero-order chi connectivity index (χ0) is 20.1. The van der Waals surface area contributed by atoms with Gasteiger partial charge in [-0.05, 0) is 13.0 Å². The van der Waals surface area contributed by atoms with E-state index in [1.54, 1.807) is 10.6 Å². The van der Waals surface area contributed by atoms with E-state index in [1.165, 1.54) is 0 Å². The van der Waals surface area contributed by atoms with E-state index in [1.807, 2.05) is 37.4 Å². The Morgan fingerprint density at radius 3 is 2.87 bits per heavy atom. The summed E-state index contributed by atoms with van der Waals surface area (Å²) < 4.78 is 15.1. The lowest BCUT2D eigenvalue weighted by Crippen LogP contribution is -2.27. The number of hydrogen-bond donors (Lipinski definition) is 1. The summed E-state index contributed by atoms with van der Waals surface area (Å²) in [5.74, 6) is 2.71. The number of aromatic nitrogens is 7. The van der Waals surface area contributed by atoms with Crippen LogP contribution in [0.1, 0.15) is 17.3 Å². The van der Waals surface area contributed by atoms with Gasteiger partial charge < -0.3 is 19.1 Å². The highest BCUT2D eigenvalue weighted by Crippen LogP contribution is 2.29. The maximum Gasteiger partial charge on any atom is 0.240 e. The van der Waals surface area contributed by atoms with Crippen molar-refractivity contribution in [3.05, 3.63) is 53.8 Å². The molecule has 158 valence electrons. The number of rotatable bonds is 4. The molecule has 10 nitrogen and oxygen atoms in total. The van der Waals surface area contributed by atoms with E-state index in [0.717, 1.165) is 41.9 Å². The smallest absolute Gasteiger partial charge is 0.240 e. The Hall–Kier alpha value is -3.50. The molecule has 11 heteroatoms. The molecule has 1 aliphatic heterocycles. The molecule has 0 bridgehead atoms. The van der Waals surface area contributed by atoms with Crippen LogP contribution in [0.4, 0.5) is 0 Å². The molecule has 1 aromatic carbocycles. The van der Waals surface area contributed by atoms with Gasteiger partial charge in [-0.1, -0.05) is 23.4 Å². The van der Waals surface area contributed by atoms with Crippen LogP contribution in [0.3, 0.4) is 0 Å². The molecule has 0 amide bonds. The molecule has 1 N–H and O–H groups in total. The van der Waals surface area contributed by atoms with Crippen LogP contribution in [0.2, 0.25) is 0 Å². The van der Waals surface area contributed by atoms with Gasteiger partial charge in [0.2, 0.25) is 11.7 Å². The fourth-order valence-electron chi connectivity index (χ4n) is 3.75. The topological polar surface area (TPSA) is 108 Å². The van der Waals surface area contributed by atoms with Gasteiger partial charge in [0.05, 0.1) is 12.2 Å². The summed E-state index contributed by atoms with van der Waals surface area (Å²) in [7, 11) is 0. The number of benzene rings is 1. The zero-order valence-corrected chi connectivity index (χ0v) is 17.5. The van der Waals surface area contributed by atoms with Crippen LogP contribution in [0, 0.1) is 6.92 Å². The summed E-state index contributed by atoms with van der Waals surface area (Å²) in [6, 6.07) is 9.66. The van der Waals surface area contributed by atoms with E-state index in [9.17, 15) is 0 Å². The van der Waals surface area contributed by atoms with Crippen molar-refractivity contribution in [3.8, 4) is 17.4 Å². The number of nitrogens with one attached hydrogen (secondary N) is 1. The predicted molar refractivity (Wildman–Crippen MR) is 114 cm³/mol. The number of imidazole rings is 1. The molecule has 0 aliphatic carbocycles. The maximum absolute atomic E-state index is 6.13. The standard InChI is InChI=1S/C20H18N8O2.ClH/c1-12-8-16(26-30-12)19-24-23-18-14-4-2-3-5-15(14)20(25-28(18)19)29-11-13-10-27-7-6-21-9-17(27)22-13;/h2-5,8,10,21H,6-7,9,11H2,1H3;1H. The molecule has 5 aromatic rings. The molecule has 0 saturated carbocycles. The lowest BCUT2D eigenvalue weighted by molar-refractivity contribution is 0.289. The Bertz CT molecular complexity index is 1370. The van der Waals surface area contributed by atoms with Crippen LogP contribution in [0.25, 0.3) is 27.9 Å². The van der Waals surface area contributed by atoms with Crippen molar-refractivity contribution in [1.29, 1.82) is 0 Å². The molecule has 0 saturated heterocycles. The van der Waals surface area contributed by atoms with E-state index >= 15 is 0 Å². The summed E-state index contributed by atoms with van der Waals surface area (Å²) >= 11 is 0. The van der Waals surface area contributed by atoms with Crippen molar-refractivity contribution in [3.63, 3.8) is 0 Å². The van der Waals surface area contributed by atoms with Crippen molar-refractivity contribution in [2.75, 3.05) is 6.54 Å². The zero-order valence-electron chi connectivity index (χ0n) is 16.6. The Balaban J connectivity index is 0.00000204. The molecule has 31 heavy (non-hydrogen) atoms. The molecule has 0 fully saturated rings. The molecule has 0 unspecified atom stereocenters. The SMILES string of the molecule is Cc1cc(-c2nnc3c4ccccc4c(OCc4cn5c(n4)CNCC5)nn23)no1.Cl. The van der Waals surface area contributed by atoms with Gasteiger partial charge in [-0.25, -0.2) is 4.98 Å². The Kier molecular flexibility index (Phi) is 4.79. The molecular formula is C20H19ClN8O2. The van der Waals surface area contributed by atoms with Crippen molar-refractivity contribution in [2.24, 2.45) is 0 Å². The molecule has 1 aliphatic rings. The molecule has 0 atom stereocenters. The molecule has 6 rings (SSSR count). The fraction of sp³-hybridized carbons (Fsp3) is 0.250. The normalized spacial score (nSPS) is 13.3. The van der Waals surface area contributed by atoms with Gasteiger partial charge in [0, 0.05) is 36.1 Å². The van der Waals surface area contributed by atoms with E-state index in [0.29, 0.717) is 35.4 Å². The number of hydrogen-bond acceptors (Lipinski definition) is 8. The van der Waals surface area contributed by atoms with Crippen LogP contribution < -0.4 is 10.1 Å². The lowest BCUT2D eigenvalue weighted by Gasteiger charge is -2.13. The second-order valence-corrected chi connectivity index (χ2v) is 7.24. The van der Waals surface area contributed by atoms with Crippen LogP contribution in [0.5, 0.6) is 5.88 Å². The number of aryl methyl sites for hydroxylation is 1. The Morgan fingerprint density at radius 1 is 1.19 bits per heavy atom. The van der Waals surface area contributed by atoms with Crippen LogP contribution in [-0.2, 0) is 19.7 Å². The molecule has 0 spiro atoms. The number of fused-ring (bicyclic) bond motifs is 4. The van der Waals surface area contributed by atoms with E-state index in [2.05, 4.69) is 35.3 Å². The Morgan fingerprint density at radius 2 is 2.06 bits per heavy atom. The van der Waals surface area contributed by atoms with Crippen molar-refractivity contribution in [1.82, 2.24) is 39.8 Å². The third kappa shape index (κ3) is 3.29. The number of halogens is 1. The first-order valence-electron chi connectivity index (χ1n) is 9.72. The highest BCUT2D eigenvalue weighted by atomic mass is 35.5. The van der Waals surface area contributed by atoms with Gasteiger partial charge >= 0.3 is 0 Å². The monoisotopic (exact) mass is 438 g/mol. The van der Waals surface area contributed by atoms with Crippen molar-refractivity contribution < 1.29 is 9.26 Å². The molecule has 0 radical (unpaired) electrons. The van der Waals surface area contributed by atoms with Crippen LogP contribution >= 0.6 is 12.4 Å². The van der Waals surface area contributed by atoms with Gasteiger partial charge in [-0.3, -0.25) is 0 Å². The molecular weight excluding hydrogens is 420 g/mol. The maximum atomic E-state index is 6.13. The summed E-state index contributed by atoms with van der Waals surface area (Å²) in [4.78, 5) is 4.66. The van der Waals surface area contributed by atoms with Crippen molar-refractivity contribution in [2.45, 2.75) is 26.6 Å². The first kappa shape index (κ1) is 19.5. The van der Waals surface area contributed by atoms with Gasteiger partial charge in [0.25, 0.3) is 0 Å². The summed E-state index contributed by atoms with van der Waals surface area (Å²) in [5.41, 5.74) is 2.08. The first-order valence-corrected chi connectivity index (χ1v) is 9.72. The second-order valence-electron chi connectivity index (χ2n) is 7.24. The minimum Gasteiger partial charge on any atom is -0.470 e. The van der Waals surface area contributed by atoms with Crippen molar-refractivity contribution >= 4 is 28.8 Å². The largest absolute Gasteiger partial charge is 0.470 e. The minimum atomic E-state index is 0. The highest BCUT2D eigenvalue weighted by Gasteiger charge is 2.19. The fourth-order valence-corrected chi connectivity index (χ4v) is 3.75. The summed E-state index contributed by atoms with van der Waals surface area (Å²) in [6.07, 6.45) is 2.04. The van der Waals surface area contributed by atoms with Crippen LogP contribution in [0.15, 0.2) is 41.1 Å². The number of nitrogens with zero attached hydrogens (tertiary/aromatic N) is 7. The minimum absolute atomic E-state index is 0. The molecule has 4 aromatic heterocycles. The van der Waals surface area contributed by atoms with E-state index < -0.39 is 0 Å².